The molecule has 20 heavy (non-hydrogen) atoms. The molecule has 0 spiro atoms. The van der Waals surface area contributed by atoms with Crippen molar-refractivity contribution in [2.45, 2.75) is 25.7 Å². The van der Waals surface area contributed by atoms with E-state index in [2.05, 4.69) is 10.2 Å². The summed E-state index contributed by atoms with van der Waals surface area (Å²) in [5.74, 6) is 0.636. The number of nitrogen functional groups attached to an aromatic ring is 1. The molecule has 3 rings (SSSR count). The van der Waals surface area contributed by atoms with Crippen molar-refractivity contribution >= 4 is 33.1 Å². The SMILES string of the molecule is CN(CC1CCCC1)C(=O)c1sc2nnccc2c1N. The summed E-state index contributed by atoms with van der Waals surface area (Å²) < 4.78 is 0. The number of hydrogen-bond donors (Lipinski definition) is 1. The molecule has 1 aliphatic carbocycles. The zero-order chi connectivity index (χ0) is 14.1. The first-order valence-electron chi connectivity index (χ1n) is 6.92. The van der Waals surface area contributed by atoms with Crippen LogP contribution in [0.15, 0.2) is 12.3 Å². The van der Waals surface area contributed by atoms with Crippen LogP contribution in [-0.4, -0.2) is 34.6 Å². The number of rotatable bonds is 3. The first-order chi connectivity index (χ1) is 9.66. The topological polar surface area (TPSA) is 72.1 Å². The molecular weight excluding hydrogens is 272 g/mol. The maximum absolute atomic E-state index is 12.5. The highest BCUT2D eigenvalue weighted by Crippen LogP contribution is 2.33. The van der Waals surface area contributed by atoms with E-state index in [0.717, 1.165) is 16.8 Å². The maximum Gasteiger partial charge on any atom is 0.265 e. The Kier molecular flexibility index (Phi) is 3.56. The average Bonchev–Trinajstić information content (AvgIpc) is 3.07. The van der Waals surface area contributed by atoms with Crippen LogP contribution >= 0.6 is 11.3 Å². The molecule has 0 bridgehead atoms. The number of carbonyl (C=O) groups is 1. The number of amides is 1. The third-order valence-electron chi connectivity index (χ3n) is 3.97. The highest BCUT2D eigenvalue weighted by atomic mass is 32.1. The Morgan fingerprint density at radius 1 is 1.50 bits per heavy atom. The predicted octanol–water partition coefficient (Wildman–Crippen LogP) is 2.54. The molecule has 0 unspecified atom stereocenters. The van der Waals surface area contributed by atoms with Gasteiger partial charge in [0.1, 0.15) is 9.71 Å². The second-order valence-corrected chi connectivity index (χ2v) is 6.43. The van der Waals surface area contributed by atoms with Crippen LogP contribution in [0, 0.1) is 5.92 Å². The van der Waals surface area contributed by atoms with Crippen molar-refractivity contribution in [3.8, 4) is 0 Å². The molecule has 2 aromatic rings. The summed E-state index contributed by atoms with van der Waals surface area (Å²) in [6, 6.07) is 1.81. The Bertz CT molecular complexity index is 633. The molecule has 1 fully saturated rings. The van der Waals surface area contributed by atoms with E-state index in [4.69, 9.17) is 5.73 Å². The monoisotopic (exact) mass is 290 g/mol. The van der Waals surface area contributed by atoms with Gasteiger partial charge in [-0.25, -0.2) is 0 Å². The average molecular weight is 290 g/mol. The fourth-order valence-electron chi connectivity index (χ4n) is 2.87. The Morgan fingerprint density at radius 2 is 2.25 bits per heavy atom. The van der Waals surface area contributed by atoms with Crippen LogP contribution in [0.25, 0.3) is 10.2 Å². The van der Waals surface area contributed by atoms with Gasteiger partial charge in [0.2, 0.25) is 0 Å². The number of nitrogens with zero attached hydrogens (tertiary/aromatic N) is 3. The summed E-state index contributed by atoms with van der Waals surface area (Å²) in [5.41, 5.74) is 6.61. The smallest absolute Gasteiger partial charge is 0.265 e. The van der Waals surface area contributed by atoms with E-state index in [1.807, 2.05) is 13.1 Å². The van der Waals surface area contributed by atoms with Crippen LogP contribution in [0.3, 0.4) is 0 Å². The van der Waals surface area contributed by atoms with E-state index in [9.17, 15) is 4.79 Å². The minimum absolute atomic E-state index is 0.00241. The molecule has 0 aliphatic heterocycles. The van der Waals surface area contributed by atoms with Crippen molar-refractivity contribution in [3.05, 3.63) is 17.1 Å². The molecule has 0 aromatic carbocycles. The van der Waals surface area contributed by atoms with Gasteiger partial charge in [0.15, 0.2) is 0 Å². The van der Waals surface area contributed by atoms with Crippen molar-refractivity contribution in [3.63, 3.8) is 0 Å². The molecule has 0 saturated heterocycles. The van der Waals surface area contributed by atoms with Crippen LogP contribution < -0.4 is 5.73 Å². The minimum atomic E-state index is -0.00241. The van der Waals surface area contributed by atoms with Gasteiger partial charge < -0.3 is 10.6 Å². The second-order valence-electron chi connectivity index (χ2n) is 5.43. The van der Waals surface area contributed by atoms with Gasteiger partial charge in [0.25, 0.3) is 5.91 Å². The number of nitrogens with two attached hydrogens (primary N) is 1. The van der Waals surface area contributed by atoms with Crippen LogP contribution in [0.5, 0.6) is 0 Å². The fourth-order valence-corrected chi connectivity index (χ4v) is 3.90. The van der Waals surface area contributed by atoms with Crippen molar-refractivity contribution in [2.24, 2.45) is 5.92 Å². The van der Waals surface area contributed by atoms with Gasteiger partial charge in [0, 0.05) is 19.0 Å². The fraction of sp³-hybridized carbons (Fsp3) is 0.500. The summed E-state index contributed by atoms with van der Waals surface area (Å²) in [7, 11) is 1.86. The van der Waals surface area contributed by atoms with Crippen molar-refractivity contribution in [1.29, 1.82) is 0 Å². The molecule has 106 valence electrons. The lowest BCUT2D eigenvalue weighted by Crippen LogP contribution is -2.31. The molecule has 0 radical (unpaired) electrons. The molecule has 1 aliphatic rings. The first kappa shape index (κ1) is 13.3. The summed E-state index contributed by atoms with van der Waals surface area (Å²) in [5, 5.41) is 8.68. The highest BCUT2D eigenvalue weighted by molar-refractivity contribution is 7.21. The highest BCUT2D eigenvalue weighted by Gasteiger charge is 2.24. The van der Waals surface area contributed by atoms with Gasteiger partial charge in [-0.3, -0.25) is 4.79 Å². The third-order valence-corrected chi connectivity index (χ3v) is 5.06. The molecule has 0 atom stereocenters. The molecule has 2 aromatic heterocycles. The predicted molar refractivity (Wildman–Crippen MR) is 80.7 cm³/mol. The molecule has 1 amide bonds. The lowest BCUT2D eigenvalue weighted by molar-refractivity contribution is 0.0779. The molecular formula is C14H18N4OS. The number of fused-ring (bicyclic) bond motifs is 1. The zero-order valence-corrected chi connectivity index (χ0v) is 12.3. The van der Waals surface area contributed by atoms with Gasteiger partial charge in [-0.1, -0.05) is 12.8 Å². The summed E-state index contributed by atoms with van der Waals surface area (Å²) in [6.45, 7) is 0.818. The number of aromatic nitrogens is 2. The normalized spacial score (nSPS) is 15.8. The van der Waals surface area contributed by atoms with Crippen LogP contribution in [0.1, 0.15) is 35.4 Å². The lowest BCUT2D eigenvalue weighted by atomic mass is 10.1. The Hall–Kier alpha value is -1.69. The van der Waals surface area contributed by atoms with Gasteiger partial charge in [0.05, 0.1) is 11.9 Å². The standard InChI is InChI=1S/C14H18N4OS/c1-18(8-9-4-2-3-5-9)14(19)12-11(15)10-6-7-16-17-13(10)20-12/h6-7,9H,2-5,8,15H2,1H3. The van der Waals surface area contributed by atoms with E-state index >= 15 is 0 Å². The number of carbonyl (C=O) groups excluding carboxylic acids is 1. The van der Waals surface area contributed by atoms with Crippen molar-refractivity contribution in [2.75, 3.05) is 19.3 Å². The Labute approximate surface area is 121 Å². The van der Waals surface area contributed by atoms with Gasteiger partial charge >= 0.3 is 0 Å². The van der Waals surface area contributed by atoms with Crippen LogP contribution in [0.2, 0.25) is 0 Å². The van der Waals surface area contributed by atoms with Crippen LogP contribution in [-0.2, 0) is 0 Å². The number of hydrogen-bond acceptors (Lipinski definition) is 5. The zero-order valence-electron chi connectivity index (χ0n) is 11.5. The number of thiophene rings is 1. The molecule has 2 heterocycles. The minimum Gasteiger partial charge on any atom is -0.397 e. The quantitative estimate of drug-likeness (QED) is 0.943. The molecule has 5 nitrogen and oxygen atoms in total. The Morgan fingerprint density at radius 3 is 2.95 bits per heavy atom. The Balaban J connectivity index is 1.82. The van der Waals surface area contributed by atoms with E-state index in [0.29, 0.717) is 16.5 Å². The van der Waals surface area contributed by atoms with E-state index in [-0.39, 0.29) is 5.91 Å². The van der Waals surface area contributed by atoms with Gasteiger partial charge in [-0.15, -0.1) is 16.4 Å². The largest absolute Gasteiger partial charge is 0.397 e. The molecule has 1 saturated carbocycles. The summed E-state index contributed by atoms with van der Waals surface area (Å²) >= 11 is 1.33. The lowest BCUT2D eigenvalue weighted by Gasteiger charge is -2.20. The number of anilines is 1. The van der Waals surface area contributed by atoms with Gasteiger partial charge in [-0.2, -0.15) is 5.10 Å². The first-order valence-corrected chi connectivity index (χ1v) is 7.73. The van der Waals surface area contributed by atoms with Crippen molar-refractivity contribution in [1.82, 2.24) is 15.1 Å². The summed E-state index contributed by atoms with van der Waals surface area (Å²) in [6.07, 6.45) is 6.62. The van der Waals surface area contributed by atoms with Crippen molar-refractivity contribution < 1.29 is 4.79 Å². The summed E-state index contributed by atoms with van der Waals surface area (Å²) in [4.78, 5) is 15.6. The third kappa shape index (κ3) is 2.35. The van der Waals surface area contributed by atoms with E-state index in [1.165, 1.54) is 37.0 Å². The molecule has 6 heteroatoms. The van der Waals surface area contributed by atoms with E-state index in [1.54, 1.807) is 11.1 Å². The van der Waals surface area contributed by atoms with E-state index < -0.39 is 0 Å². The van der Waals surface area contributed by atoms with Crippen LogP contribution in [0.4, 0.5) is 5.69 Å². The molecule has 2 N–H and O–H groups in total. The second kappa shape index (κ2) is 5.36. The van der Waals surface area contributed by atoms with Gasteiger partial charge in [-0.05, 0) is 24.8 Å². The maximum atomic E-state index is 12.5.